The standard InChI is InChI=1S/C9H21NO5S2/c1-16(12,13)8-9-17(14,15)10-6-4-2-3-5-7-11/h10-11H,2-9H2,1H3. The number of aliphatic hydroxyl groups is 1. The lowest BCUT2D eigenvalue weighted by Crippen LogP contribution is -2.30. The van der Waals surface area contributed by atoms with Gasteiger partial charge < -0.3 is 5.11 Å². The van der Waals surface area contributed by atoms with Crippen molar-refractivity contribution in [3.05, 3.63) is 0 Å². The normalized spacial score (nSPS) is 12.8. The van der Waals surface area contributed by atoms with Gasteiger partial charge in [-0.05, 0) is 12.8 Å². The second-order valence-electron chi connectivity index (χ2n) is 3.98. The first-order valence-electron chi connectivity index (χ1n) is 5.53. The summed E-state index contributed by atoms with van der Waals surface area (Å²) in [5, 5.41) is 8.53. The van der Waals surface area contributed by atoms with Crippen molar-refractivity contribution < 1.29 is 21.9 Å². The van der Waals surface area contributed by atoms with Gasteiger partial charge in [0.25, 0.3) is 0 Å². The topological polar surface area (TPSA) is 101 Å². The van der Waals surface area contributed by atoms with Crippen molar-refractivity contribution in [3.8, 4) is 0 Å². The Morgan fingerprint density at radius 1 is 0.941 bits per heavy atom. The highest BCUT2D eigenvalue weighted by Crippen LogP contribution is 1.98. The van der Waals surface area contributed by atoms with Gasteiger partial charge in [0.05, 0.1) is 11.5 Å². The van der Waals surface area contributed by atoms with Gasteiger partial charge in [0, 0.05) is 19.4 Å². The summed E-state index contributed by atoms with van der Waals surface area (Å²) in [4.78, 5) is 0. The average molecular weight is 287 g/mol. The predicted octanol–water partition coefficient (Wildman–Crippen LogP) is -0.497. The lowest BCUT2D eigenvalue weighted by molar-refractivity contribution is 0.282. The molecule has 104 valence electrons. The molecular weight excluding hydrogens is 266 g/mol. The van der Waals surface area contributed by atoms with Gasteiger partial charge in [-0.25, -0.2) is 21.6 Å². The molecule has 2 N–H and O–H groups in total. The summed E-state index contributed by atoms with van der Waals surface area (Å²) >= 11 is 0. The van der Waals surface area contributed by atoms with E-state index in [4.69, 9.17) is 5.11 Å². The molecule has 0 aromatic rings. The molecule has 8 heteroatoms. The quantitative estimate of drug-likeness (QED) is 0.528. The molecule has 0 aliphatic rings. The molecule has 0 unspecified atom stereocenters. The first-order chi connectivity index (χ1) is 7.77. The smallest absolute Gasteiger partial charge is 0.212 e. The zero-order valence-corrected chi connectivity index (χ0v) is 11.7. The van der Waals surface area contributed by atoms with E-state index >= 15 is 0 Å². The molecule has 0 radical (unpaired) electrons. The van der Waals surface area contributed by atoms with Gasteiger partial charge in [-0.2, -0.15) is 0 Å². The van der Waals surface area contributed by atoms with Crippen LogP contribution in [0.25, 0.3) is 0 Å². The van der Waals surface area contributed by atoms with Gasteiger partial charge >= 0.3 is 0 Å². The van der Waals surface area contributed by atoms with Crippen LogP contribution in [0.5, 0.6) is 0 Å². The Hall–Kier alpha value is -0.180. The number of aliphatic hydroxyl groups excluding tert-OH is 1. The fraction of sp³-hybridized carbons (Fsp3) is 1.00. The molecule has 17 heavy (non-hydrogen) atoms. The third kappa shape index (κ3) is 12.1. The number of hydrogen-bond donors (Lipinski definition) is 2. The lowest BCUT2D eigenvalue weighted by Gasteiger charge is -2.05. The summed E-state index contributed by atoms with van der Waals surface area (Å²) in [7, 11) is -6.73. The molecule has 0 aromatic carbocycles. The van der Waals surface area contributed by atoms with E-state index in [1.165, 1.54) is 0 Å². The van der Waals surface area contributed by atoms with Crippen LogP contribution in [-0.4, -0.2) is 52.9 Å². The average Bonchev–Trinajstić information content (AvgIpc) is 2.20. The molecule has 0 saturated carbocycles. The van der Waals surface area contributed by atoms with Gasteiger partial charge in [-0.1, -0.05) is 12.8 Å². The molecule has 0 rings (SSSR count). The van der Waals surface area contributed by atoms with E-state index in [0.29, 0.717) is 13.0 Å². The van der Waals surface area contributed by atoms with Crippen molar-refractivity contribution in [1.82, 2.24) is 4.72 Å². The third-order valence-electron chi connectivity index (χ3n) is 2.13. The number of nitrogens with one attached hydrogen (secondary N) is 1. The van der Waals surface area contributed by atoms with Crippen LogP contribution in [0.3, 0.4) is 0 Å². The van der Waals surface area contributed by atoms with Gasteiger partial charge in [0.2, 0.25) is 10.0 Å². The fourth-order valence-electron chi connectivity index (χ4n) is 1.15. The van der Waals surface area contributed by atoms with Crippen LogP contribution in [0, 0.1) is 0 Å². The van der Waals surface area contributed by atoms with E-state index < -0.39 is 19.9 Å². The van der Waals surface area contributed by atoms with Crippen LogP contribution in [0.1, 0.15) is 25.7 Å². The van der Waals surface area contributed by atoms with E-state index in [2.05, 4.69) is 4.72 Å². The Balaban J connectivity index is 3.72. The fourth-order valence-corrected chi connectivity index (χ4v) is 3.84. The summed E-state index contributed by atoms with van der Waals surface area (Å²) < 4.78 is 46.7. The van der Waals surface area contributed by atoms with Gasteiger partial charge in [-0.15, -0.1) is 0 Å². The number of hydrogen-bond acceptors (Lipinski definition) is 5. The molecule has 0 aromatic heterocycles. The van der Waals surface area contributed by atoms with Crippen LogP contribution in [0.15, 0.2) is 0 Å². The number of sulfone groups is 1. The second-order valence-corrected chi connectivity index (χ2v) is 8.17. The van der Waals surface area contributed by atoms with Crippen molar-refractivity contribution >= 4 is 19.9 Å². The first kappa shape index (κ1) is 16.8. The van der Waals surface area contributed by atoms with Crippen molar-refractivity contribution in [3.63, 3.8) is 0 Å². The van der Waals surface area contributed by atoms with Gasteiger partial charge in [0.15, 0.2) is 0 Å². The minimum atomic E-state index is -3.49. The Morgan fingerprint density at radius 3 is 2.06 bits per heavy atom. The van der Waals surface area contributed by atoms with Crippen LogP contribution < -0.4 is 4.72 Å². The molecule has 0 aliphatic heterocycles. The predicted molar refractivity (Wildman–Crippen MR) is 67.1 cm³/mol. The van der Waals surface area contributed by atoms with Crippen molar-refractivity contribution in [1.29, 1.82) is 0 Å². The molecule has 0 heterocycles. The van der Waals surface area contributed by atoms with E-state index in [1.807, 2.05) is 0 Å². The maximum absolute atomic E-state index is 11.4. The molecule has 0 amide bonds. The maximum Gasteiger partial charge on any atom is 0.212 e. The highest BCUT2D eigenvalue weighted by Gasteiger charge is 2.13. The van der Waals surface area contributed by atoms with Crippen LogP contribution in [-0.2, 0) is 19.9 Å². The summed E-state index contributed by atoms with van der Waals surface area (Å²) in [5.41, 5.74) is 0. The Kier molecular flexibility index (Phi) is 7.93. The molecule has 0 spiro atoms. The first-order valence-corrected chi connectivity index (χ1v) is 9.24. The van der Waals surface area contributed by atoms with Crippen LogP contribution >= 0.6 is 0 Å². The lowest BCUT2D eigenvalue weighted by atomic mass is 10.2. The van der Waals surface area contributed by atoms with E-state index in [-0.39, 0.29) is 18.1 Å². The minimum Gasteiger partial charge on any atom is -0.396 e. The van der Waals surface area contributed by atoms with E-state index in [9.17, 15) is 16.8 Å². The van der Waals surface area contributed by atoms with Crippen LogP contribution in [0.2, 0.25) is 0 Å². The Bertz CT molecular complexity index is 388. The van der Waals surface area contributed by atoms with Crippen molar-refractivity contribution in [2.45, 2.75) is 25.7 Å². The summed E-state index contributed by atoms with van der Waals surface area (Å²) in [5.74, 6) is -0.741. The van der Waals surface area contributed by atoms with Gasteiger partial charge in [0.1, 0.15) is 9.84 Å². The Labute approximate surface area is 103 Å². The number of sulfonamides is 1. The molecular formula is C9H21NO5S2. The zero-order chi connectivity index (χ0) is 13.4. The van der Waals surface area contributed by atoms with E-state index in [1.54, 1.807) is 0 Å². The van der Waals surface area contributed by atoms with Crippen molar-refractivity contribution in [2.24, 2.45) is 0 Å². The van der Waals surface area contributed by atoms with Gasteiger partial charge in [-0.3, -0.25) is 0 Å². The summed E-state index contributed by atoms with van der Waals surface area (Å²) in [6, 6.07) is 0. The second kappa shape index (κ2) is 8.02. The van der Waals surface area contributed by atoms with Crippen molar-refractivity contribution in [2.75, 3.05) is 30.9 Å². The highest BCUT2D eigenvalue weighted by molar-refractivity contribution is 7.93. The summed E-state index contributed by atoms with van der Waals surface area (Å²) in [6.45, 7) is 0.470. The molecule has 0 aliphatic carbocycles. The van der Waals surface area contributed by atoms with Crippen LogP contribution in [0.4, 0.5) is 0 Å². The SMILES string of the molecule is CS(=O)(=O)CCS(=O)(=O)NCCCCCCO. The number of rotatable bonds is 10. The largest absolute Gasteiger partial charge is 0.396 e. The molecule has 0 atom stereocenters. The summed E-state index contributed by atoms with van der Waals surface area (Å²) in [6.07, 6.45) is 4.13. The molecule has 0 saturated heterocycles. The zero-order valence-electron chi connectivity index (χ0n) is 10.1. The van der Waals surface area contributed by atoms with E-state index in [0.717, 1.165) is 25.5 Å². The molecule has 0 bridgehead atoms. The highest BCUT2D eigenvalue weighted by atomic mass is 32.2. The molecule has 6 nitrogen and oxygen atoms in total. The maximum atomic E-state index is 11.4. The monoisotopic (exact) mass is 287 g/mol. The third-order valence-corrected chi connectivity index (χ3v) is 4.72. The minimum absolute atomic E-state index is 0.153. The Morgan fingerprint density at radius 2 is 1.53 bits per heavy atom. The number of unbranched alkanes of at least 4 members (excludes halogenated alkanes) is 3. The molecule has 0 fully saturated rings.